The molecule has 0 spiro atoms. The van der Waals surface area contributed by atoms with Gasteiger partial charge >= 0.3 is 12.1 Å². The smallest absolute Gasteiger partial charge is 0.408 e. The number of ether oxygens (including phenoxy) is 1. The summed E-state index contributed by atoms with van der Waals surface area (Å²) in [6, 6.07) is 0.352. The van der Waals surface area contributed by atoms with Gasteiger partial charge in [0, 0.05) is 18.7 Å². The van der Waals surface area contributed by atoms with E-state index in [1.54, 1.807) is 0 Å². The van der Waals surface area contributed by atoms with Crippen LogP contribution < -0.4 is 4.74 Å². The second kappa shape index (κ2) is 5.27. The first-order valence-corrected chi connectivity index (χ1v) is 5.72. The zero-order valence-corrected chi connectivity index (χ0v) is 10.3. The van der Waals surface area contributed by atoms with E-state index in [0.29, 0.717) is 0 Å². The Morgan fingerprint density at radius 3 is 2.74 bits per heavy atom. The molecule has 8 nitrogen and oxygen atoms in total. The van der Waals surface area contributed by atoms with Crippen molar-refractivity contribution in [3.8, 4) is 5.88 Å². The van der Waals surface area contributed by atoms with Gasteiger partial charge in [0.25, 0.3) is 0 Å². The van der Waals surface area contributed by atoms with Gasteiger partial charge in [0.1, 0.15) is 12.1 Å². The quantitative estimate of drug-likeness (QED) is 0.787. The van der Waals surface area contributed by atoms with E-state index >= 15 is 0 Å². The molecule has 9 heteroatoms. The van der Waals surface area contributed by atoms with Crippen LogP contribution in [0.4, 0.5) is 4.79 Å². The van der Waals surface area contributed by atoms with Crippen molar-refractivity contribution in [2.75, 3.05) is 6.54 Å². The van der Waals surface area contributed by atoms with Gasteiger partial charge in [-0.3, -0.25) is 4.90 Å². The van der Waals surface area contributed by atoms with E-state index in [1.807, 2.05) is 0 Å². The SMILES string of the molecule is O=C(O)[C@@H]1C[C@@H](Oc2ccnc(Cl)n2)CN1C(=O)O. The van der Waals surface area contributed by atoms with Crippen LogP contribution in [0.3, 0.4) is 0 Å². The van der Waals surface area contributed by atoms with Crippen LogP contribution in [0.2, 0.25) is 5.28 Å². The molecule has 0 radical (unpaired) electrons. The Bertz CT molecular complexity index is 490. The van der Waals surface area contributed by atoms with E-state index < -0.39 is 24.2 Å². The minimum atomic E-state index is -1.29. The molecule has 1 fully saturated rings. The van der Waals surface area contributed by atoms with Gasteiger partial charge in [0.05, 0.1) is 6.54 Å². The number of likely N-dealkylation sites (tertiary alicyclic amines) is 1. The first-order valence-electron chi connectivity index (χ1n) is 5.35. The first-order chi connectivity index (χ1) is 8.97. The predicted octanol–water partition coefficient (Wildman–Crippen LogP) is 0.714. The first kappa shape index (κ1) is 13.3. The van der Waals surface area contributed by atoms with Crippen LogP contribution in [0, 0.1) is 0 Å². The average Bonchev–Trinajstić information content (AvgIpc) is 2.73. The van der Waals surface area contributed by atoms with Crippen LogP contribution in [0.5, 0.6) is 5.88 Å². The van der Waals surface area contributed by atoms with E-state index in [2.05, 4.69) is 9.97 Å². The maximum atomic E-state index is 11.0. The van der Waals surface area contributed by atoms with E-state index in [4.69, 9.17) is 26.6 Å². The summed E-state index contributed by atoms with van der Waals surface area (Å²) < 4.78 is 5.41. The Kier molecular flexibility index (Phi) is 3.70. The molecule has 1 amide bonds. The molecule has 19 heavy (non-hydrogen) atoms. The lowest BCUT2D eigenvalue weighted by atomic mass is 10.2. The van der Waals surface area contributed by atoms with Crippen molar-refractivity contribution in [3.05, 3.63) is 17.5 Å². The highest BCUT2D eigenvalue weighted by Gasteiger charge is 2.41. The second-order valence-corrected chi connectivity index (χ2v) is 4.27. The van der Waals surface area contributed by atoms with Crippen molar-refractivity contribution >= 4 is 23.7 Å². The van der Waals surface area contributed by atoms with Crippen molar-refractivity contribution in [3.63, 3.8) is 0 Å². The molecule has 2 heterocycles. The molecule has 0 bridgehead atoms. The maximum Gasteiger partial charge on any atom is 0.408 e. The third kappa shape index (κ3) is 3.02. The summed E-state index contributed by atoms with van der Waals surface area (Å²) in [7, 11) is 0. The monoisotopic (exact) mass is 287 g/mol. The molecule has 1 saturated heterocycles. The summed E-state index contributed by atoms with van der Waals surface area (Å²) in [6.07, 6.45) is -0.422. The third-order valence-electron chi connectivity index (χ3n) is 2.68. The summed E-state index contributed by atoms with van der Waals surface area (Å²) in [5.74, 6) is -1.02. The fourth-order valence-corrected chi connectivity index (χ4v) is 2.02. The minimum absolute atomic E-state index is 0.000345. The van der Waals surface area contributed by atoms with Crippen molar-refractivity contribution in [1.82, 2.24) is 14.9 Å². The van der Waals surface area contributed by atoms with Gasteiger partial charge in [-0.2, -0.15) is 4.98 Å². The van der Waals surface area contributed by atoms with Gasteiger partial charge in [-0.05, 0) is 11.6 Å². The molecular weight excluding hydrogens is 278 g/mol. The van der Waals surface area contributed by atoms with E-state index in [1.165, 1.54) is 12.3 Å². The van der Waals surface area contributed by atoms with E-state index in [-0.39, 0.29) is 24.1 Å². The molecule has 102 valence electrons. The Labute approximate surface area is 112 Å². The van der Waals surface area contributed by atoms with E-state index in [0.717, 1.165) is 4.90 Å². The topological polar surface area (TPSA) is 113 Å². The number of rotatable bonds is 3. The number of amides is 1. The van der Waals surface area contributed by atoms with Crippen LogP contribution in [0.15, 0.2) is 12.3 Å². The van der Waals surface area contributed by atoms with Gasteiger partial charge in [0.15, 0.2) is 0 Å². The molecule has 0 aliphatic carbocycles. The molecule has 0 aromatic carbocycles. The summed E-state index contributed by atoms with van der Waals surface area (Å²) in [5.41, 5.74) is 0. The van der Waals surface area contributed by atoms with Gasteiger partial charge in [-0.15, -0.1) is 0 Å². The number of carbonyl (C=O) groups is 2. The number of carboxylic acid groups (broad SMARTS) is 2. The van der Waals surface area contributed by atoms with Crippen molar-refractivity contribution in [1.29, 1.82) is 0 Å². The highest BCUT2D eigenvalue weighted by Crippen LogP contribution is 2.22. The van der Waals surface area contributed by atoms with Crippen LogP contribution in [-0.4, -0.2) is 55.8 Å². The largest absolute Gasteiger partial charge is 0.480 e. The zero-order valence-electron chi connectivity index (χ0n) is 9.56. The molecule has 1 aromatic rings. The molecule has 1 aromatic heterocycles. The maximum absolute atomic E-state index is 11.0. The lowest BCUT2D eigenvalue weighted by Crippen LogP contribution is -2.39. The molecule has 2 atom stereocenters. The Balaban J connectivity index is 2.07. The third-order valence-corrected chi connectivity index (χ3v) is 2.86. The van der Waals surface area contributed by atoms with Crippen LogP contribution in [-0.2, 0) is 4.79 Å². The van der Waals surface area contributed by atoms with E-state index in [9.17, 15) is 9.59 Å². The fraction of sp³-hybridized carbons (Fsp3) is 0.400. The second-order valence-electron chi connectivity index (χ2n) is 3.93. The fourth-order valence-electron chi connectivity index (χ4n) is 1.88. The Hall–Kier alpha value is -2.09. The number of aromatic nitrogens is 2. The summed E-state index contributed by atoms with van der Waals surface area (Å²) in [4.78, 5) is 30.2. The van der Waals surface area contributed by atoms with Gasteiger partial charge in [-0.1, -0.05) is 0 Å². The Morgan fingerprint density at radius 1 is 1.47 bits per heavy atom. The number of hydrogen-bond donors (Lipinski definition) is 2. The van der Waals surface area contributed by atoms with Crippen LogP contribution >= 0.6 is 11.6 Å². The van der Waals surface area contributed by atoms with Crippen molar-refractivity contribution < 1.29 is 24.5 Å². The molecular formula is C10H10ClN3O5. The Morgan fingerprint density at radius 2 is 2.21 bits per heavy atom. The number of nitrogens with zero attached hydrogens (tertiary/aromatic N) is 3. The van der Waals surface area contributed by atoms with Crippen molar-refractivity contribution in [2.45, 2.75) is 18.6 Å². The zero-order chi connectivity index (χ0) is 14.0. The normalized spacial score (nSPS) is 22.3. The average molecular weight is 288 g/mol. The predicted molar refractivity (Wildman–Crippen MR) is 62.2 cm³/mol. The lowest BCUT2D eigenvalue weighted by molar-refractivity contribution is -0.141. The summed E-state index contributed by atoms with van der Waals surface area (Å²) in [5, 5.41) is 17.9. The highest BCUT2D eigenvalue weighted by molar-refractivity contribution is 6.28. The van der Waals surface area contributed by atoms with Crippen molar-refractivity contribution in [2.24, 2.45) is 0 Å². The molecule has 1 aliphatic rings. The highest BCUT2D eigenvalue weighted by atomic mass is 35.5. The lowest BCUT2D eigenvalue weighted by Gasteiger charge is -2.16. The number of halogens is 1. The van der Waals surface area contributed by atoms with Gasteiger partial charge in [0.2, 0.25) is 11.2 Å². The molecule has 2 rings (SSSR count). The van der Waals surface area contributed by atoms with Gasteiger partial charge < -0.3 is 14.9 Å². The van der Waals surface area contributed by atoms with Crippen LogP contribution in [0.25, 0.3) is 0 Å². The molecule has 2 N–H and O–H groups in total. The summed E-state index contributed by atoms with van der Waals surface area (Å²) >= 11 is 5.59. The number of carboxylic acids is 1. The molecule has 0 unspecified atom stereocenters. The van der Waals surface area contributed by atoms with Gasteiger partial charge in [-0.25, -0.2) is 14.6 Å². The summed E-state index contributed by atoms with van der Waals surface area (Å²) in [6.45, 7) is -0.0338. The minimum Gasteiger partial charge on any atom is -0.480 e. The molecule has 1 aliphatic heterocycles. The van der Waals surface area contributed by atoms with Crippen LogP contribution in [0.1, 0.15) is 6.42 Å². The molecule has 0 saturated carbocycles. The standard InChI is InChI=1S/C10H10ClN3O5/c11-9-12-2-1-7(13-9)19-5-3-6(8(15)16)14(4-5)10(17)18/h1-2,5-6H,3-4H2,(H,15,16)(H,17,18)/t5-,6+/m1/s1. The number of aliphatic carboxylic acids is 1. The number of hydrogen-bond acceptors (Lipinski definition) is 5.